The van der Waals surface area contributed by atoms with Crippen LogP contribution in [0.2, 0.25) is 0 Å². The highest BCUT2D eigenvalue weighted by atomic mass is 16.4. The van der Waals surface area contributed by atoms with Crippen LogP contribution in [0.1, 0.15) is 17.8 Å². The van der Waals surface area contributed by atoms with Crippen molar-refractivity contribution in [1.82, 2.24) is 9.55 Å². The van der Waals surface area contributed by atoms with Gasteiger partial charge in [-0.15, -0.1) is 0 Å². The lowest BCUT2D eigenvalue weighted by Crippen LogP contribution is -2.04. The maximum atomic E-state index is 10.3. The zero-order valence-electron chi connectivity index (χ0n) is 7.24. The molecule has 1 aromatic rings. The molecule has 1 rings (SSSR count). The van der Waals surface area contributed by atoms with Gasteiger partial charge in [-0.25, -0.2) is 4.98 Å². The summed E-state index contributed by atoms with van der Waals surface area (Å²) in [5.41, 5.74) is 2.00. The Morgan fingerprint density at radius 2 is 2.33 bits per heavy atom. The van der Waals surface area contributed by atoms with Crippen LogP contribution < -0.4 is 0 Å². The number of carboxylic acid groups (broad SMARTS) is 1. The van der Waals surface area contributed by atoms with E-state index in [1.165, 1.54) is 0 Å². The van der Waals surface area contributed by atoms with Crippen molar-refractivity contribution in [2.24, 2.45) is 0 Å². The highest BCUT2D eigenvalue weighted by molar-refractivity contribution is 5.66. The van der Waals surface area contributed by atoms with E-state index in [2.05, 4.69) is 4.98 Å². The number of nitrogens with zero attached hydrogens (tertiary/aromatic N) is 2. The van der Waals surface area contributed by atoms with Crippen molar-refractivity contribution < 1.29 is 9.90 Å². The van der Waals surface area contributed by atoms with Gasteiger partial charge in [-0.1, -0.05) is 0 Å². The molecular weight excluding hydrogens is 156 g/mol. The van der Waals surface area contributed by atoms with Crippen LogP contribution >= 0.6 is 0 Å². The molecule has 0 aromatic carbocycles. The molecule has 0 amide bonds. The molecule has 0 bridgehead atoms. The summed E-state index contributed by atoms with van der Waals surface area (Å²) in [6.07, 6.45) is 1.82. The predicted molar refractivity (Wildman–Crippen MR) is 44.0 cm³/mol. The van der Waals surface area contributed by atoms with Gasteiger partial charge in [-0.2, -0.15) is 0 Å². The van der Waals surface area contributed by atoms with Crippen molar-refractivity contribution >= 4 is 5.97 Å². The zero-order valence-corrected chi connectivity index (χ0v) is 7.24. The molecule has 1 aromatic heterocycles. The fourth-order valence-corrected chi connectivity index (χ4v) is 0.986. The summed E-state index contributed by atoms with van der Waals surface area (Å²) in [4.78, 5) is 14.3. The Morgan fingerprint density at radius 1 is 1.67 bits per heavy atom. The Kier molecular flexibility index (Phi) is 2.47. The number of carboxylic acids is 1. The van der Waals surface area contributed by atoms with Crippen molar-refractivity contribution in [3.05, 3.63) is 17.7 Å². The van der Waals surface area contributed by atoms with Crippen molar-refractivity contribution in [3.63, 3.8) is 0 Å². The second kappa shape index (κ2) is 3.38. The van der Waals surface area contributed by atoms with Crippen LogP contribution in [0.25, 0.3) is 0 Å². The van der Waals surface area contributed by atoms with Crippen molar-refractivity contribution in [2.75, 3.05) is 0 Å². The van der Waals surface area contributed by atoms with E-state index in [1.54, 1.807) is 6.33 Å². The van der Waals surface area contributed by atoms with Crippen molar-refractivity contribution in [2.45, 2.75) is 26.8 Å². The molecule has 4 heteroatoms. The number of carbonyl (C=O) groups is 1. The first kappa shape index (κ1) is 8.77. The van der Waals surface area contributed by atoms with Crippen LogP contribution in [0.4, 0.5) is 0 Å². The predicted octanol–water partition coefficient (Wildman–Crippen LogP) is 0.975. The minimum absolute atomic E-state index is 0.149. The van der Waals surface area contributed by atoms with E-state index in [0.29, 0.717) is 6.54 Å². The molecular formula is C8H12N2O2. The highest BCUT2D eigenvalue weighted by Crippen LogP contribution is 2.04. The SMILES string of the molecule is Cc1ncn(CCC(=O)O)c1C. The van der Waals surface area contributed by atoms with Gasteiger partial charge >= 0.3 is 5.97 Å². The summed E-state index contributed by atoms with van der Waals surface area (Å²) < 4.78 is 1.85. The van der Waals surface area contributed by atoms with Gasteiger partial charge in [0, 0.05) is 12.2 Å². The number of aliphatic carboxylic acids is 1. The van der Waals surface area contributed by atoms with Crippen LogP contribution in [-0.4, -0.2) is 20.6 Å². The third-order valence-electron chi connectivity index (χ3n) is 1.91. The van der Waals surface area contributed by atoms with Gasteiger partial charge in [0.2, 0.25) is 0 Å². The van der Waals surface area contributed by atoms with Crippen LogP contribution in [0, 0.1) is 13.8 Å². The largest absolute Gasteiger partial charge is 0.481 e. The molecule has 4 nitrogen and oxygen atoms in total. The Hall–Kier alpha value is -1.32. The highest BCUT2D eigenvalue weighted by Gasteiger charge is 2.03. The molecule has 66 valence electrons. The van der Waals surface area contributed by atoms with Gasteiger partial charge in [-0.05, 0) is 13.8 Å². The Morgan fingerprint density at radius 3 is 2.75 bits per heavy atom. The molecule has 1 N–H and O–H groups in total. The Labute approximate surface area is 70.9 Å². The summed E-state index contributed by atoms with van der Waals surface area (Å²) in [7, 11) is 0. The minimum atomic E-state index is -0.777. The molecule has 0 radical (unpaired) electrons. The second-order valence-corrected chi connectivity index (χ2v) is 2.75. The summed E-state index contributed by atoms with van der Waals surface area (Å²) >= 11 is 0. The summed E-state index contributed by atoms with van der Waals surface area (Å²) in [5.74, 6) is -0.777. The molecule has 0 aliphatic heterocycles. The van der Waals surface area contributed by atoms with Crippen molar-refractivity contribution in [3.8, 4) is 0 Å². The standard InChI is InChI=1S/C8H12N2O2/c1-6-7(2)10(5-9-6)4-3-8(11)12/h5H,3-4H2,1-2H3,(H,11,12). The van der Waals surface area contributed by atoms with E-state index in [4.69, 9.17) is 5.11 Å². The smallest absolute Gasteiger partial charge is 0.305 e. The molecule has 0 aliphatic rings. The van der Waals surface area contributed by atoms with Gasteiger partial charge in [0.15, 0.2) is 0 Å². The number of hydrogen-bond donors (Lipinski definition) is 1. The van der Waals surface area contributed by atoms with E-state index >= 15 is 0 Å². The first-order valence-corrected chi connectivity index (χ1v) is 3.81. The summed E-state index contributed by atoms with van der Waals surface area (Å²) in [6, 6.07) is 0. The van der Waals surface area contributed by atoms with Crippen LogP contribution in [0.15, 0.2) is 6.33 Å². The van der Waals surface area contributed by atoms with Crippen LogP contribution in [-0.2, 0) is 11.3 Å². The summed E-state index contributed by atoms with van der Waals surface area (Å²) in [5, 5.41) is 8.44. The number of rotatable bonds is 3. The quantitative estimate of drug-likeness (QED) is 0.731. The average Bonchev–Trinajstić information content (AvgIpc) is 2.30. The lowest BCUT2D eigenvalue weighted by atomic mass is 10.3. The first-order chi connectivity index (χ1) is 5.61. The van der Waals surface area contributed by atoms with E-state index in [-0.39, 0.29) is 6.42 Å². The van der Waals surface area contributed by atoms with E-state index < -0.39 is 5.97 Å². The van der Waals surface area contributed by atoms with Crippen LogP contribution in [0.5, 0.6) is 0 Å². The molecule has 0 unspecified atom stereocenters. The lowest BCUT2D eigenvalue weighted by molar-refractivity contribution is -0.137. The average molecular weight is 168 g/mol. The molecule has 0 saturated heterocycles. The third-order valence-corrected chi connectivity index (χ3v) is 1.91. The van der Waals surface area contributed by atoms with Crippen molar-refractivity contribution in [1.29, 1.82) is 0 Å². The van der Waals surface area contributed by atoms with Gasteiger partial charge in [0.1, 0.15) is 0 Å². The molecule has 0 atom stereocenters. The van der Waals surface area contributed by atoms with Gasteiger partial charge in [0.05, 0.1) is 18.4 Å². The van der Waals surface area contributed by atoms with Gasteiger partial charge in [0.25, 0.3) is 0 Å². The maximum absolute atomic E-state index is 10.3. The third kappa shape index (κ3) is 1.84. The monoisotopic (exact) mass is 168 g/mol. The number of aromatic nitrogens is 2. The normalized spacial score (nSPS) is 10.2. The topological polar surface area (TPSA) is 55.1 Å². The van der Waals surface area contributed by atoms with E-state index in [1.807, 2.05) is 18.4 Å². The molecule has 1 heterocycles. The maximum Gasteiger partial charge on any atom is 0.305 e. The zero-order chi connectivity index (χ0) is 9.14. The summed E-state index contributed by atoms with van der Waals surface area (Å²) in [6.45, 7) is 4.35. The number of hydrogen-bond acceptors (Lipinski definition) is 2. The van der Waals surface area contributed by atoms with E-state index in [0.717, 1.165) is 11.4 Å². The number of imidazole rings is 1. The van der Waals surface area contributed by atoms with Gasteiger partial charge in [-0.3, -0.25) is 4.79 Å². The number of aryl methyl sites for hydroxylation is 2. The van der Waals surface area contributed by atoms with Crippen LogP contribution in [0.3, 0.4) is 0 Å². The van der Waals surface area contributed by atoms with Gasteiger partial charge < -0.3 is 9.67 Å². The lowest BCUT2D eigenvalue weighted by Gasteiger charge is -2.01. The Balaban J connectivity index is 2.63. The molecule has 0 aliphatic carbocycles. The fourth-order valence-electron chi connectivity index (χ4n) is 0.986. The minimum Gasteiger partial charge on any atom is -0.481 e. The van der Waals surface area contributed by atoms with E-state index in [9.17, 15) is 4.79 Å². The molecule has 12 heavy (non-hydrogen) atoms. The Bertz CT molecular complexity index is 291. The fraction of sp³-hybridized carbons (Fsp3) is 0.500. The second-order valence-electron chi connectivity index (χ2n) is 2.75. The molecule has 0 spiro atoms. The molecule has 0 fully saturated rings. The molecule has 0 saturated carbocycles. The first-order valence-electron chi connectivity index (χ1n) is 3.81.